The number of hydrogen-bond donors (Lipinski definition) is 1. The van der Waals surface area contributed by atoms with Crippen LogP contribution in [0.4, 0.5) is 0 Å². The third-order valence-electron chi connectivity index (χ3n) is 3.14. The van der Waals surface area contributed by atoms with Gasteiger partial charge in [-0.3, -0.25) is 4.79 Å². The number of ether oxygens (including phenoxy) is 1. The van der Waals surface area contributed by atoms with E-state index in [9.17, 15) is 14.8 Å². The first kappa shape index (κ1) is 15.5. The van der Waals surface area contributed by atoms with Gasteiger partial charge in [0.05, 0.1) is 29.5 Å². The van der Waals surface area contributed by atoms with Crippen LogP contribution in [-0.2, 0) is 14.4 Å². The highest BCUT2D eigenvalue weighted by Gasteiger charge is 2.32. The first-order valence-electron chi connectivity index (χ1n) is 6.58. The molecule has 9 heteroatoms. The molecule has 0 radical (unpaired) electrons. The Kier molecular flexibility index (Phi) is 5.12. The summed E-state index contributed by atoms with van der Waals surface area (Å²) in [7, 11) is 0. The number of nitrogens with zero attached hydrogens (tertiary/aromatic N) is 3. The van der Waals surface area contributed by atoms with E-state index in [0.29, 0.717) is 12.0 Å². The number of carboxylic acid groups (broad SMARTS) is 1. The van der Waals surface area contributed by atoms with E-state index in [0.717, 1.165) is 0 Å². The van der Waals surface area contributed by atoms with Gasteiger partial charge in [0.15, 0.2) is 0 Å². The lowest BCUT2D eigenvalue weighted by Crippen LogP contribution is -2.29. The molecule has 1 aliphatic heterocycles. The van der Waals surface area contributed by atoms with Gasteiger partial charge in [-0.05, 0) is 18.6 Å². The zero-order chi connectivity index (χ0) is 15.9. The largest absolute Gasteiger partial charge is 0.569 e. The number of carbonyl (C=O) groups is 2. The molecule has 2 rings (SSSR count). The van der Waals surface area contributed by atoms with Crippen LogP contribution in [-0.4, -0.2) is 46.9 Å². The lowest BCUT2D eigenvalue weighted by molar-refractivity contribution is -0.708. The third kappa shape index (κ3) is 4.08. The van der Waals surface area contributed by atoms with Crippen molar-refractivity contribution in [3.8, 4) is 0 Å². The second-order valence-corrected chi connectivity index (χ2v) is 4.62. The highest BCUT2D eigenvalue weighted by molar-refractivity contribution is 5.89. The summed E-state index contributed by atoms with van der Waals surface area (Å²) in [4.78, 5) is 27.1. The first-order chi connectivity index (χ1) is 10.6. The van der Waals surface area contributed by atoms with Gasteiger partial charge in [0.25, 0.3) is 6.79 Å². The minimum Gasteiger partial charge on any atom is -0.569 e. The van der Waals surface area contributed by atoms with Crippen molar-refractivity contribution < 1.29 is 29.2 Å². The van der Waals surface area contributed by atoms with Gasteiger partial charge < -0.3 is 19.9 Å². The molecule has 1 aromatic rings. The average Bonchev–Trinajstić information content (AvgIpc) is 3.02. The minimum atomic E-state index is -0.950. The molecule has 1 unspecified atom stereocenters. The van der Waals surface area contributed by atoms with Crippen LogP contribution in [0.3, 0.4) is 0 Å². The van der Waals surface area contributed by atoms with Gasteiger partial charge in [-0.25, -0.2) is 4.79 Å². The van der Waals surface area contributed by atoms with E-state index >= 15 is 0 Å². The molecule has 9 nitrogen and oxygen atoms in total. The lowest BCUT2D eigenvalue weighted by Gasteiger charge is -2.10. The Labute approximate surface area is 125 Å². The SMILES string of the molecule is O=C(OCO/N=[N+](\[O-])N1CCC(C(=O)O)C1)c1ccccc1. The zero-order valence-corrected chi connectivity index (χ0v) is 11.6. The van der Waals surface area contributed by atoms with Gasteiger partial charge in [0.1, 0.15) is 0 Å². The van der Waals surface area contributed by atoms with Gasteiger partial charge in [-0.2, -0.15) is 0 Å². The van der Waals surface area contributed by atoms with Gasteiger partial charge >= 0.3 is 11.9 Å². The summed E-state index contributed by atoms with van der Waals surface area (Å²) in [6, 6.07) is 8.30. The third-order valence-corrected chi connectivity index (χ3v) is 3.14. The van der Waals surface area contributed by atoms with Crippen LogP contribution in [0.5, 0.6) is 0 Å². The Morgan fingerprint density at radius 2 is 2.14 bits per heavy atom. The van der Waals surface area contributed by atoms with Crippen LogP contribution >= 0.6 is 0 Å². The van der Waals surface area contributed by atoms with Crippen molar-refractivity contribution >= 4 is 11.9 Å². The second-order valence-electron chi connectivity index (χ2n) is 4.62. The molecule has 0 aliphatic carbocycles. The Morgan fingerprint density at radius 3 is 2.77 bits per heavy atom. The smallest absolute Gasteiger partial charge is 0.341 e. The Balaban J connectivity index is 1.73. The van der Waals surface area contributed by atoms with E-state index in [2.05, 4.69) is 10.1 Å². The second kappa shape index (κ2) is 7.25. The molecule has 0 aromatic heterocycles. The van der Waals surface area contributed by atoms with Crippen molar-refractivity contribution in [2.75, 3.05) is 19.9 Å². The number of hydrazine groups is 1. The summed E-state index contributed by atoms with van der Waals surface area (Å²) in [6.45, 7) is -0.171. The predicted octanol–water partition coefficient (Wildman–Crippen LogP) is 1.02. The van der Waals surface area contributed by atoms with Gasteiger partial charge in [-0.1, -0.05) is 18.2 Å². The number of carbonyl (C=O) groups excluding carboxylic acids is 1. The topological polar surface area (TPSA) is 114 Å². The summed E-state index contributed by atoms with van der Waals surface area (Å²) in [6.07, 6.45) is 0.368. The number of benzene rings is 1. The number of carboxylic acids is 1. The zero-order valence-electron chi connectivity index (χ0n) is 11.6. The van der Waals surface area contributed by atoms with Crippen molar-refractivity contribution in [2.24, 2.45) is 11.2 Å². The molecule has 1 aliphatic rings. The quantitative estimate of drug-likeness (QED) is 0.208. The summed E-state index contributed by atoms with van der Waals surface area (Å²) in [5, 5.41) is 24.8. The van der Waals surface area contributed by atoms with Crippen LogP contribution in [0.2, 0.25) is 0 Å². The van der Waals surface area contributed by atoms with E-state index in [-0.39, 0.29) is 18.1 Å². The molecule has 1 atom stereocenters. The standard InChI is InChI=1S/C13H15N3O6/c17-12(18)11-6-7-15(8-11)16(20)14-22-9-21-13(19)10-4-2-1-3-5-10/h1-5,11H,6-9H2,(H,17,18)/b16-14-. The Bertz CT molecular complexity index is 562. The van der Waals surface area contributed by atoms with Crippen molar-refractivity contribution in [2.45, 2.75) is 6.42 Å². The van der Waals surface area contributed by atoms with Gasteiger partial charge in [-0.15, -0.1) is 5.01 Å². The van der Waals surface area contributed by atoms with E-state index in [1.54, 1.807) is 30.3 Å². The van der Waals surface area contributed by atoms with Crippen molar-refractivity contribution in [1.82, 2.24) is 5.01 Å². The van der Waals surface area contributed by atoms with E-state index in [1.165, 1.54) is 5.01 Å². The number of aliphatic carboxylic acids is 1. The fraction of sp³-hybridized carbons (Fsp3) is 0.385. The molecular formula is C13H15N3O6. The fourth-order valence-corrected chi connectivity index (χ4v) is 1.96. The maximum Gasteiger partial charge on any atom is 0.341 e. The summed E-state index contributed by atoms with van der Waals surface area (Å²) >= 11 is 0. The molecule has 22 heavy (non-hydrogen) atoms. The molecule has 0 bridgehead atoms. The summed E-state index contributed by atoms with van der Waals surface area (Å²) < 4.78 is 4.77. The molecule has 1 saturated heterocycles. The van der Waals surface area contributed by atoms with Crippen LogP contribution < -0.4 is 0 Å². The molecule has 0 saturated carbocycles. The molecule has 1 aromatic carbocycles. The van der Waals surface area contributed by atoms with Crippen LogP contribution in [0.1, 0.15) is 16.8 Å². The number of rotatable bonds is 6. The van der Waals surface area contributed by atoms with Crippen LogP contribution in [0.25, 0.3) is 0 Å². The van der Waals surface area contributed by atoms with Crippen molar-refractivity contribution in [3.63, 3.8) is 0 Å². The molecule has 0 amide bonds. The maximum atomic E-state index is 11.6. The van der Waals surface area contributed by atoms with Gasteiger partial charge in [0.2, 0.25) is 5.28 Å². The molecule has 118 valence electrons. The monoisotopic (exact) mass is 309 g/mol. The van der Waals surface area contributed by atoms with Crippen molar-refractivity contribution in [1.29, 1.82) is 0 Å². The van der Waals surface area contributed by atoms with E-state index < -0.39 is 24.6 Å². The van der Waals surface area contributed by atoms with Gasteiger partial charge in [0, 0.05) is 0 Å². The number of hydrogen-bond acceptors (Lipinski definition) is 6. The average molecular weight is 309 g/mol. The summed E-state index contributed by atoms with van der Waals surface area (Å²) in [5.41, 5.74) is 0.355. The summed E-state index contributed by atoms with van der Waals surface area (Å²) in [5.74, 6) is -2.14. The number of esters is 1. The first-order valence-corrected chi connectivity index (χ1v) is 6.58. The highest BCUT2D eigenvalue weighted by atomic mass is 16.8. The predicted molar refractivity (Wildman–Crippen MR) is 71.2 cm³/mol. The Morgan fingerprint density at radius 1 is 1.41 bits per heavy atom. The highest BCUT2D eigenvalue weighted by Crippen LogP contribution is 2.16. The molecular weight excluding hydrogens is 294 g/mol. The normalized spacial score (nSPS) is 18.1. The molecule has 1 N–H and O–H groups in total. The maximum absolute atomic E-state index is 11.6. The van der Waals surface area contributed by atoms with Crippen LogP contribution in [0, 0.1) is 11.1 Å². The van der Waals surface area contributed by atoms with Crippen molar-refractivity contribution in [3.05, 3.63) is 41.1 Å². The molecule has 1 heterocycles. The minimum absolute atomic E-state index is 0.0650. The van der Waals surface area contributed by atoms with Crippen LogP contribution in [0.15, 0.2) is 35.6 Å². The van der Waals surface area contributed by atoms with E-state index in [1.807, 2.05) is 0 Å². The fourth-order valence-electron chi connectivity index (χ4n) is 1.96. The lowest BCUT2D eigenvalue weighted by atomic mass is 10.1. The Hall–Kier alpha value is -2.84. The molecule has 0 spiro atoms. The van der Waals surface area contributed by atoms with E-state index in [4.69, 9.17) is 9.84 Å². The molecule has 1 fully saturated rings.